The second-order valence-corrected chi connectivity index (χ2v) is 9.19. The van der Waals surface area contributed by atoms with Gasteiger partial charge < -0.3 is 5.73 Å². The maximum Gasteiger partial charge on any atom is 0.0154 e. The number of nitrogens with two attached hydrogens (primary N) is 1. The summed E-state index contributed by atoms with van der Waals surface area (Å²) in [5.41, 5.74) is 7.74. The highest BCUT2D eigenvalue weighted by Gasteiger charge is 2.50. The quantitative estimate of drug-likeness (QED) is 0.718. The Labute approximate surface area is 125 Å². The molecule has 114 valence electrons. The van der Waals surface area contributed by atoms with E-state index in [-0.39, 0.29) is 5.54 Å². The molecule has 1 nitrogen and oxygen atoms in total. The highest BCUT2D eigenvalue weighted by molar-refractivity contribution is 5.02. The summed E-state index contributed by atoms with van der Waals surface area (Å²) in [6, 6.07) is 0. The van der Waals surface area contributed by atoms with Gasteiger partial charge in [0, 0.05) is 5.54 Å². The Balaban J connectivity index is 1.41. The first-order valence-corrected chi connectivity index (χ1v) is 9.44. The molecule has 0 spiro atoms. The zero-order chi connectivity index (χ0) is 13.6. The first kappa shape index (κ1) is 13.6. The lowest BCUT2D eigenvalue weighted by atomic mass is 9.48. The van der Waals surface area contributed by atoms with Crippen LogP contribution in [-0.4, -0.2) is 5.54 Å². The van der Waals surface area contributed by atoms with E-state index in [2.05, 4.69) is 0 Å². The summed E-state index contributed by atoms with van der Waals surface area (Å²) < 4.78 is 0. The zero-order valence-corrected chi connectivity index (χ0v) is 13.2. The Morgan fingerprint density at radius 2 is 1.20 bits per heavy atom. The Hall–Kier alpha value is -0.0400. The van der Waals surface area contributed by atoms with Crippen molar-refractivity contribution in [1.29, 1.82) is 0 Å². The normalized spacial score (nSPS) is 46.4. The van der Waals surface area contributed by atoms with Gasteiger partial charge in [-0.2, -0.15) is 0 Å². The molecule has 0 unspecified atom stereocenters. The van der Waals surface area contributed by atoms with E-state index in [1.165, 1.54) is 51.4 Å². The second kappa shape index (κ2) is 5.00. The third kappa shape index (κ3) is 2.56. The zero-order valence-electron chi connectivity index (χ0n) is 13.2. The molecule has 5 aliphatic carbocycles. The van der Waals surface area contributed by atoms with Gasteiger partial charge in [-0.1, -0.05) is 25.7 Å². The highest BCUT2D eigenvalue weighted by atomic mass is 14.7. The number of hydrogen-bond acceptors (Lipinski definition) is 1. The van der Waals surface area contributed by atoms with Crippen LogP contribution in [0.3, 0.4) is 0 Å². The topological polar surface area (TPSA) is 26.0 Å². The van der Waals surface area contributed by atoms with Crippen molar-refractivity contribution in [3.05, 3.63) is 0 Å². The summed E-state index contributed by atoms with van der Waals surface area (Å²) in [5.74, 6) is 3.30. The molecule has 0 atom stereocenters. The summed E-state index contributed by atoms with van der Waals surface area (Å²) in [5, 5.41) is 0. The Kier molecular flexibility index (Phi) is 3.41. The highest BCUT2D eigenvalue weighted by Crippen LogP contribution is 2.62. The van der Waals surface area contributed by atoms with Crippen molar-refractivity contribution < 1.29 is 0 Å². The molecule has 5 rings (SSSR count). The lowest BCUT2D eigenvalue weighted by Gasteiger charge is -2.57. The first-order valence-electron chi connectivity index (χ1n) is 9.44. The van der Waals surface area contributed by atoms with Crippen LogP contribution in [0.1, 0.15) is 89.9 Å². The van der Waals surface area contributed by atoms with Crippen LogP contribution < -0.4 is 5.73 Å². The summed E-state index contributed by atoms with van der Waals surface area (Å²) in [7, 11) is 0. The van der Waals surface area contributed by atoms with Crippen molar-refractivity contribution >= 4 is 0 Å². The molecule has 0 heterocycles. The fourth-order valence-corrected chi connectivity index (χ4v) is 6.79. The lowest BCUT2D eigenvalue weighted by molar-refractivity contribution is -0.0610. The first-order chi connectivity index (χ1) is 9.65. The number of hydrogen-bond donors (Lipinski definition) is 1. The lowest BCUT2D eigenvalue weighted by Crippen LogP contribution is -2.48. The van der Waals surface area contributed by atoms with E-state index in [1.807, 2.05) is 0 Å². The molecule has 0 aromatic carbocycles. The molecule has 5 saturated carbocycles. The second-order valence-electron chi connectivity index (χ2n) is 9.19. The van der Waals surface area contributed by atoms with Crippen LogP contribution in [0.5, 0.6) is 0 Å². The van der Waals surface area contributed by atoms with Gasteiger partial charge in [-0.05, 0) is 87.4 Å². The van der Waals surface area contributed by atoms with E-state index in [0.717, 1.165) is 23.2 Å². The maximum atomic E-state index is 6.79. The summed E-state index contributed by atoms with van der Waals surface area (Å²) >= 11 is 0. The molecule has 20 heavy (non-hydrogen) atoms. The molecule has 0 saturated heterocycles. The summed E-state index contributed by atoms with van der Waals surface area (Å²) in [6.45, 7) is 0. The third-order valence-corrected chi connectivity index (χ3v) is 7.42. The molecule has 0 aliphatic heterocycles. The predicted octanol–water partition coefficient (Wildman–Crippen LogP) is 5.03. The molecule has 4 bridgehead atoms. The largest absolute Gasteiger partial charge is 0.325 e. The predicted molar refractivity (Wildman–Crippen MR) is 84.5 cm³/mol. The standard InChI is InChI=1S/C19H33N/c20-19(5-3-1-2-4-6-19)8-7-18-12-15-9-16(13-18)11-17(10-15)14-18/h15-17H,1-14,20H2. The van der Waals surface area contributed by atoms with Crippen LogP contribution in [-0.2, 0) is 0 Å². The van der Waals surface area contributed by atoms with Crippen molar-refractivity contribution in [1.82, 2.24) is 0 Å². The van der Waals surface area contributed by atoms with E-state index in [1.54, 1.807) is 38.5 Å². The van der Waals surface area contributed by atoms with Gasteiger partial charge in [0.25, 0.3) is 0 Å². The van der Waals surface area contributed by atoms with E-state index >= 15 is 0 Å². The molecule has 2 N–H and O–H groups in total. The molecule has 0 radical (unpaired) electrons. The van der Waals surface area contributed by atoms with Gasteiger partial charge in [0.1, 0.15) is 0 Å². The Morgan fingerprint density at radius 3 is 1.70 bits per heavy atom. The molecular weight excluding hydrogens is 242 g/mol. The molecule has 0 amide bonds. The fourth-order valence-electron chi connectivity index (χ4n) is 6.79. The van der Waals surface area contributed by atoms with Gasteiger partial charge in [-0.3, -0.25) is 0 Å². The fraction of sp³-hybridized carbons (Fsp3) is 1.00. The van der Waals surface area contributed by atoms with E-state index in [4.69, 9.17) is 5.73 Å². The maximum absolute atomic E-state index is 6.79. The monoisotopic (exact) mass is 275 g/mol. The molecule has 0 aromatic heterocycles. The Morgan fingerprint density at radius 1 is 0.700 bits per heavy atom. The van der Waals surface area contributed by atoms with E-state index < -0.39 is 0 Å². The van der Waals surface area contributed by atoms with Crippen LogP contribution in [0.4, 0.5) is 0 Å². The smallest absolute Gasteiger partial charge is 0.0154 e. The van der Waals surface area contributed by atoms with Gasteiger partial charge in [0.15, 0.2) is 0 Å². The van der Waals surface area contributed by atoms with Gasteiger partial charge in [-0.25, -0.2) is 0 Å². The molecule has 5 aliphatic rings. The molecule has 1 heteroatoms. The van der Waals surface area contributed by atoms with Crippen molar-refractivity contribution in [2.24, 2.45) is 28.9 Å². The van der Waals surface area contributed by atoms with Crippen LogP contribution >= 0.6 is 0 Å². The average Bonchev–Trinajstić information content (AvgIpc) is 2.61. The van der Waals surface area contributed by atoms with E-state index in [9.17, 15) is 0 Å². The van der Waals surface area contributed by atoms with Crippen LogP contribution in [0.25, 0.3) is 0 Å². The molecule has 0 aromatic rings. The van der Waals surface area contributed by atoms with Gasteiger partial charge >= 0.3 is 0 Å². The van der Waals surface area contributed by atoms with Crippen molar-refractivity contribution in [2.75, 3.05) is 0 Å². The van der Waals surface area contributed by atoms with Crippen molar-refractivity contribution in [3.8, 4) is 0 Å². The van der Waals surface area contributed by atoms with Gasteiger partial charge in [-0.15, -0.1) is 0 Å². The van der Waals surface area contributed by atoms with Crippen molar-refractivity contribution in [3.63, 3.8) is 0 Å². The SMILES string of the molecule is NC1(CCC23CC4CC(CC(C4)C2)C3)CCCCCC1. The van der Waals surface area contributed by atoms with Crippen LogP contribution in [0, 0.1) is 23.2 Å². The van der Waals surface area contributed by atoms with Crippen LogP contribution in [0.2, 0.25) is 0 Å². The van der Waals surface area contributed by atoms with Crippen LogP contribution in [0.15, 0.2) is 0 Å². The molecule has 5 fully saturated rings. The van der Waals surface area contributed by atoms with Gasteiger partial charge in [0.05, 0.1) is 0 Å². The van der Waals surface area contributed by atoms with E-state index in [0.29, 0.717) is 0 Å². The van der Waals surface area contributed by atoms with Gasteiger partial charge in [0.2, 0.25) is 0 Å². The minimum atomic E-state index is 0.208. The number of rotatable bonds is 3. The Bertz CT molecular complexity index is 315. The van der Waals surface area contributed by atoms with Crippen molar-refractivity contribution in [2.45, 2.75) is 95.4 Å². The summed E-state index contributed by atoms with van der Waals surface area (Å²) in [4.78, 5) is 0. The third-order valence-electron chi connectivity index (χ3n) is 7.42. The molecular formula is C19H33N. The minimum Gasteiger partial charge on any atom is -0.325 e. The summed E-state index contributed by atoms with van der Waals surface area (Å²) in [6.07, 6.45) is 20.5. The average molecular weight is 275 g/mol. The minimum absolute atomic E-state index is 0.208.